The lowest BCUT2D eigenvalue weighted by atomic mass is 10.1. The Hall–Kier alpha value is -1.13. The van der Waals surface area contributed by atoms with E-state index in [1.165, 1.54) is 0 Å². The highest BCUT2D eigenvalue weighted by atomic mass is 16.5. The Morgan fingerprint density at radius 1 is 1.26 bits per heavy atom. The molecule has 0 radical (unpaired) electrons. The average molecular weight is 266 g/mol. The molecule has 4 heteroatoms. The molecule has 0 fully saturated rings. The Morgan fingerprint density at radius 3 is 2.68 bits per heavy atom. The van der Waals surface area contributed by atoms with Gasteiger partial charge in [0.1, 0.15) is 5.75 Å². The molecule has 0 aliphatic heterocycles. The molecule has 1 unspecified atom stereocenters. The molecule has 0 saturated carbocycles. The summed E-state index contributed by atoms with van der Waals surface area (Å²) >= 11 is 0. The first-order valence-electron chi connectivity index (χ1n) is 7.10. The van der Waals surface area contributed by atoms with Crippen LogP contribution >= 0.6 is 0 Å². The number of pyridine rings is 1. The highest BCUT2D eigenvalue weighted by molar-refractivity contribution is 5.26. The van der Waals surface area contributed by atoms with Gasteiger partial charge < -0.3 is 14.8 Å². The fourth-order valence-electron chi connectivity index (χ4n) is 1.73. The first kappa shape index (κ1) is 15.9. The molecule has 1 atom stereocenters. The summed E-state index contributed by atoms with van der Waals surface area (Å²) in [7, 11) is 0. The SMILES string of the molecule is CCCOc1cncc(C(COC(C)C)NCC)c1. The lowest BCUT2D eigenvalue weighted by Gasteiger charge is -2.20. The zero-order valence-electron chi connectivity index (χ0n) is 12.5. The van der Waals surface area contributed by atoms with E-state index in [1.807, 2.05) is 26.1 Å². The molecule has 1 rings (SSSR count). The van der Waals surface area contributed by atoms with Gasteiger partial charge in [-0.15, -0.1) is 0 Å². The highest BCUT2D eigenvalue weighted by Gasteiger charge is 2.12. The molecule has 1 heterocycles. The minimum Gasteiger partial charge on any atom is -0.492 e. The van der Waals surface area contributed by atoms with Crippen LogP contribution in [0.3, 0.4) is 0 Å². The summed E-state index contributed by atoms with van der Waals surface area (Å²) in [6, 6.07) is 2.20. The van der Waals surface area contributed by atoms with E-state index in [-0.39, 0.29) is 12.1 Å². The van der Waals surface area contributed by atoms with Crippen molar-refractivity contribution < 1.29 is 9.47 Å². The number of ether oxygens (including phenoxy) is 2. The van der Waals surface area contributed by atoms with Crippen molar-refractivity contribution in [2.75, 3.05) is 19.8 Å². The van der Waals surface area contributed by atoms with Crippen LogP contribution in [0.1, 0.15) is 45.7 Å². The van der Waals surface area contributed by atoms with Crippen molar-refractivity contribution >= 4 is 0 Å². The molecule has 0 amide bonds. The molecule has 108 valence electrons. The van der Waals surface area contributed by atoms with Gasteiger partial charge in [0.15, 0.2) is 0 Å². The van der Waals surface area contributed by atoms with Crippen molar-refractivity contribution in [2.45, 2.75) is 46.3 Å². The molecule has 1 aromatic heterocycles. The molecule has 0 saturated heterocycles. The lowest BCUT2D eigenvalue weighted by molar-refractivity contribution is 0.0613. The van der Waals surface area contributed by atoms with E-state index in [2.05, 4.69) is 24.1 Å². The van der Waals surface area contributed by atoms with E-state index in [0.717, 1.165) is 30.9 Å². The van der Waals surface area contributed by atoms with Crippen LogP contribution in [-0.4, -0.2) is 30.8 Å². The third kappa shape index (κ3) is 6.03. The summed E-state index contributed by atoms with van der Waals surface area (Å²) < 4.78 is 11.3. The highest BCUT2D eigenvalue weighted by Crippen LogP contribution is 2.18. The Labute approximate surface area is 116 Å². The molecule has 0 bridgehead atoms. The summed E-state index contributed by atoms with van der Waals surface area (Å²) in [4.78, 5) is 4.25. The van der Waals surface area contributed by atoms with Crippen molar-refractivity contribution in [2.24, 2.45) is 0 Å². The quantitative estimate of drug-likeness (QED) is 0.746. The standard InChI is InChI=1S/C15H26N2O2/c1-5-7-18-14-8-13(9-16-10-14)15(17-6-2)11-19-12(3)4/h8-10,12,15,17H,5-7,11H2,1-4H3. The maximum Gasteiger partial charge on any atom is 0.137 e. The van der Waals surface area contributed by atoms with Crippen molar-refractivity contribution in [1.82, 2.24) is 10.3 Å². The van der Waals surface area contributed by atoms with Crippen LogP contribution in [-0.2, 0) is 4.74 Å². The largest absolute Gasteiger partial charge is 0.492 e. The smallest absolute Gasteiger partial charge is 0.137 e. The van der Waals surface area contributed by atoms with Crippen LogP contribution < -0.4 is 10.1 Å². The number of likely N-dealkylation sites (N-methyl/N-ethyl adjacent to an activating group) is 1. The molecule has 0 aliphatic rings. The third-order valence-electron chi connectivity index (χ3n) is 2.66. The van der Waals surface area contributed by atoms with E-state index in [0.29, 0.717) is 6.61 Å². The van der Waals surface area contributed by atoms with E-state index >= 15 is 0 Å². The van der Waals surface area contributed by atoms with Gasteiger partial charge in [0.2, 0.25) is 0 Å². The molecule has 19 heavy (non-hydrogen) atoms. The Balaban J connectivity index is 2.71. The maximum absolute atomic E-state index is 5.70. The van der Waals surface area contributed by atoms with Crippen molar-refractivity contribution in [3.05, 3.63) is 24.0 Å². The van der Waals surface area contributed by atoms with Gasteiger partial charge in [-0.05, 0) is 38.4 Å². The minimum atomic E-state index is 0.157. The van der Waals surface area contributed by atoms with Gasteiger partial charge in [-0.25, -0.2) is 0 Å². The van der Waals surface area contributed by atoms with Gasteiger partial charge in [-0.3, -0.25) is 4.98 Å². The minimum absolute atomic E-state index is 0.157. The van der Waals surface area contributed by atoms with Crippen LogP contribution in [0.4, 0.5) is 0 Å². The summed E-state index contributed by atoms with van der Waals surface area (Å²) in [5.41, 5.74) is 1.11. The normalized spacial score (nSPS) is 12.7. The number of hydrogen-bond acceptors (Lipinski definition) is 4. The molecular formula is C15H26N2O2. The second-order valence-electron chi connectivity index (χ2n) is 4.79. The average Bonchev–Trinajstić information content (AvgIpc) is 2.41. The first-order valence-corrected chi connectivity index (χ1v) is 7.10. The first-order chi connectivity index (χ1) is 9.17. The predicted molar refractivity (Wildman–Crippen MR) is 77.5 cm³/mol. The predicted octanol–water partition coefficient (Wildman–Crippen LogP) is 2.95. The van der Waals surface area contributed by atoms with Crippen molar-refractivity contribution in [1.29, 1.82) is 0 Å². The fraction of sp³-hybridized carbons (Fsp3) is 0.667. The molecule has 0 aliphatic carbocycles. The fourth-order valence-corrected chi connectivity index (χ4v) is 1.73. The second kappa shape index (κ2) is 8.88. The van der Waals surface area contributed by atoms with Gasteiger partial charge >= 0.3 is 0 Å². The molecule has 0 spiro atoms. The number of nitrogens with one attached hydrogen (secondary N) is 1. The number of nitrogens with zero attached hydrogens (tertiary/aromatic N) is 1. The third-order valence-corrected chi connectivity index (χ3v) is 2.66. The molecule has 1 N–H and O–H groups in total. The number of rotatable bonds is 9. The Bertz CT molecular complexity index is 356. The van der Waals surface area contributed by atoms with Gasteiger partial charge in [0.25, 0.3) is 0 Å². The van der Waals surface area contributed by atoms with Crippen molar-refractivity contribution in [3.63, 3.8) is 0 Å². The summed E-state index contributed by atoms with van der Waals surface area (Å²) in [6.07, 6.45) is 4.85. The number of aromatic nitrogens is 1. The van der Waals surface area contributed by atoms with Crippen LogP contribution in [0.15, 0.2) is 18.5 Å². The Morgan fingerprint density at radius 2 is 2.05 bits per heavy atom. The van der Waals surface area contributed by atoms with E-state index < -0.39 is 0 Å². The number of hydrogen-bond donors (Lipinski definition) is 1. The van der Waals surface area contributed by atoms with Gasteiger partial charge in [0, 0.05) is 6.20 Å². The molecule has 0 aromatic carbocycles. The molecule has 1 aromatic rings. The maximum atomic E-state index is 5.70. The Kier molecular flexibility index (Phi) is 7.45. The summed E-state index contributed by atoms with van der Waals surface area (Å²) in [6.45, 7) is 10.5. The zero-order chi connectivity index (χ0) is 14.1. The van der Waals surface area contributed by atoms with Gasteiger partial charge in [0.05, 0.1) is 31.6 Å². The molecular weight excluding hydrogens is 240 g/mol. The molecule has 4 nitrogen and oxygen atoms in total. The zero-order valence-corrected chi connectivity index (χ0v) is 12.5. The topological polar surface area (TPSA) is 43.4 Å². The summed E-state index contributed by atoms with van der Waals surface area (Å²) in [5, 5.41) is 3.42. The lowest BCUT2D eigenvalue weighted by Crippen LogP contribution is -2.26. The van der Waals surface area contributed by atoms with E-state index in [9.17, 15) is 0 Å². The van der Waals surface area contributed by atoms with Crippen LogP contribution in [0, 0.1) is 0 Å². The van der Waals surface area contributed by atoms with Crippen LogP contribution in [0.25, 0.3) is 0 Å². The van der Waals surface area contributed by atoms with Gasteiger partial charge in [-0.1, -0.05) is 13.8 Å². The summed E-state index contributed by atoms with van der Waals surface area (Å²) in [5.74, 6) is 0.826. The monoisotopic (exact) mass is 266 g/mol. The van der Waals surface area contributed by atoms with E-state index in [1.54, 1.807) is 6.20 Å². The van der Waals surface area contributed by atoms with Crippen LogP contribution in [0.5, 0.6) is 5.75 Å². The second-order valence-corrected chi connectivity index (χ2v) is 4.79. The van der Waals surface area contributed by atoms with Crippen LogP contribution in [0.2, 0.25) is 0 Å². The van der Waals surface area contributed by atoms with E-state index in [4.69, 9.17) is 9.47 Å². The van der Waals surface area contributed by atoms with Gasteiger partial charge in [-0.2, -0.15) is 0 Å². The van der Waals surface area contributed by atoms with Crippen molar-refractivity contribution in [3.8, 4) is 5.75 Å².